The highest BCUT2D eigenvalue weighted by Crippen LogP contribution is 2.30. The zero-order valence-electron chi connectivity index (χ0n) is 14.1. The molecule has 0 aliphatic carbocycles. The molecule has 4 nitrogen and oxygen atoms in total. The summed E-state index contributed by atoms with van der Waals surface area (Å²) in [5.74, 6) is 1.30. The summed E-state index contributed by atoms with van der Waals surface area (Å²) in [5, 5.41) is 3.00. The lowest BCUT2D eigenvalue weighted by atomic mass is 10.1. The van der Waals surface area contributed by atoms with Gasteiger partial charge in [0.05, 0.1) is 19.3 Å². The predicted molar refractivity (Wildman–Crippen MR) is 98.8 cm³/mol. The number of halogens is 1. The maximum Gasteiger partial charge on any atom is 0.251 e. The van der Waals surface area contributed by atoms with Gasteiger partial charge in [0, 0.05) is 10.0 Å². The molecule has 0 saturated heterocycles. The first-order valence-corrected chi connectivity index (χ1v) is 8.80. The van der Waals surface area contributed by atoms with Gasteiger partial charge in [-0.1, -0.05) is 22.0 Å². The van der Waals surface area contributed by atoms with Gasteiger partial charge in [-0.05, 0) is 62.7 Å². The van der Waals surface area contributed by atoms with Gasteiger partial charge in [-0.15, -0.1) is 0 Å². The smallest absolute Gasteiger partial charge is 0.251 e. The average molecular weight is 392 g/mol. The Morgan fingerprint density at radius 1 is 1.04 bits per heavy atom. The molecule has 128 valence electrons. The standard InChI is InChI=1S/C19H22BrNO3/c1-4-23-17-11-8-15(12-18(17)24-5-2)13(3)21-19(22)14-6-9-16(20)10-7-14/h6-13H,4-5H2,1-3H3,(H,21,22)/t13-/m0/s1. The van der Waals surface area contributed by atoms with Crippen molar-refractivity contribution >= 4 is 21.8 Å². The molecule has 1 N–H and O–H groups in total. The van der Waals surface area contributed by atoms with Crippen LogP contribution in [0.3, 0.4) is 0 Å². The molecule has 0 aliphatic rings. The molecule has 1 amide bonds. The summed E-state index contributed by atoms with van der Waals surface area (Å²) in [6.07, 6.45) is 0. The lowest BCUT2D eigenvalue weighted by Crippen LogP contribution is -2.26. The highest BCUT2D eigenvalue weighted by Gasteiger charge is 2.14. The first-order chi connectivity index (χ1) is 11.5. The van der Waals surface area contributed by atoms with Gasteiger partial charge in [0.25, 0.3) is 5.91 Å². The third kappa shape index (κ3) is 4.74. The van der Waals surface area contributed by atoms with Gasteiger partial charge in [0.2, 0.25) is 0 Å². The first kappa shape index (κ1) is 18.3. The van der Waals surface area contributed by atoms with E-state index in [4.69, 9.17) is 9.47 Å². The molecule has 2 aromatic rings. The SMILES string of the molecule is CCOc1ccc([C@H](C)NC(=O)c2ccc(Br)cc2)cc1OCC. The van der Waals surface area contributed by atoms with Crippen LogP contribution < -0.4 is 14.8 Å². The largest absolute Gasteiger partial charge is 0.490 e. The molecule has 0 unspecified atom stereocenters. The highest BCUT2D eigenvalue weighted by atomic mass is 79.9. The van der Waals surface area contributed by atoms with Crippen molar-refractivity contribution in [2.24, 2.45) is 0 Å². The second-order valence-electron chi connectivity index (χ2n) is 5.27. The van der Waals surface area contributed by atoms with Gasteiger partial charge in [-0.25, -0.2) is 0 Å². The molecular weight excluding hydrogens is 370 g/mol. The number of amides is 1. The van der Waals surface area contributed by atoms with Crippen molar-refractivity contribution in [2.45, 2.75) is 26.8 Å². The minimum atomic E-state index is -0.143. The summed E-state index contributed by atoms with van der Waals surface area (Å²) in [7, 11) is 0. The first-order valence-electron chi connectivity index (χ1n) is 8.01. The number of benzene rings is 2. The molecule has 0 bridgehead atoms. The Labute approximate surface area is 151 Å². The Hall–Kier alpha value is -2.01. The second-order valence-corrected chi connectivity index (χ2v) is 6.19. The predicted octanol–water partition coefficient (Wildman–Crippen LogP) is 4.74. The van der Waals surface area contributed by atoms with E-state index in [-0.39, 0.29) is 11.9 Å². The van der Waals surface area contributed by atoms with E-state index in [1.165, 1.54) is 0 Å². The number of carbonyl (C=O) groups is 1. The van der Waals surface area contributed by atoms with Crippen molar-refractivity contribution in [3.63, 3.8) is 0 Å². The van der Waals surface area contributed by atoms with Crippen molar-refractivity contribution in [1.82, 2.24) is 5.32 Å². The van der Waals surface area contributed by atoms with Gasteiger partial charge in [0.15, 0.2) is 11.5 Å². The Kier molecular flexibility index (Phi) is 6.67. The number of carbonyl (C=O) groups excluding carboxylic acids is 1. The number of ether oxygens (including phenoxy) is 2. The van der Waals surface area contributed by atoms with Gasteiger partial charge in [0.1, 0.15) is 0 Å². The number of nitrogens with one attached hydrogen (secondary N) is 1. The molecule has 2 aromatic carbocycles. The Morgan fingerprint density at radius 2 is 1.67 bits per heavy atom. The average Bonchev–Trinajstić information content (AvgIpc) is 2.57. The van der Waals surface area contributed by atoms with Crippen LogP contribution in [0.5, 0.6) is 11.5 Å². The summed E-state index contributed by atoms with van der Waals surface area (Å²) in [5.41, 5.74) is 1.59. The van der Waals surface area contributed by atoms with E-state index >= 15 is 0 Å². The zero-order chi connectivity index (χ0) is 17.5. The van der Waals surface area contributed by atoms with Crippen LogP contribution >= 0.6 is 15.9 Å². The lowest BCUT2D eigenvalue weighted by Gasteiger charge is -2.17. The van der Waals surface area contributed by atoms with Crippen molar-refractivity contribution in [1.29, 1.82) is 0 Å². The summed E-state index contributed by atoms with van der Waals surface area (Å²) in [4.78, 5) is 12.3. The topological polar surface area (TPSA) is 47.6 Å². The fraction of sp³-hybridized carbons (Fsp3) is 0.316. The Morgan fingerprint density at radius 3 is 2.29 bits per heavy atom. The molecule has 24 heavy (non-hydrogen) atoms. The van der Waals surface area contributed by atoms with Gasteiger partial charge in [-0.3, -0.25) is 4.79 Å². The van der Waals surface area contributed by atoms with Crippen LogP contribution in [0.25, 0.3) is 0 Å². The molecule has 2 rings (SSSR count). The molecule has 0 aromatic heterocycles. The molecule has 0 radical (unpaired) electrons. The van der Waals surface area contributed by atoms with Gasteiger partial charge in [-0.2, -0.15) is 0 Å². The van der Waals surface area contributed by atoms with E-state index in [9.17, 15) is 4.79 Å². The van der Waals surface area contributed by atoms with Crippen LogP contribution in [0.2, 0.25) is 0 Å². The zero-order valence-corrected chi connectivity index (χ0v) is 15.7. The van der Waals surface area contributed by atoms with E-state index in [2.05, 4.69) is 21.2 Å². The molecule has 0 fully saturated rings. The monoisotopic (exact) mass is 391 g/mol. The van der Waals surface area contributed by atoms with E-state index in [1.807, 2.05) is 51.1 Å². The van der Waals surface area contributed by atoms with E-state index < -0.39 is 0 Å². The normalized spacial score (nSPS) is 11.7. The summed E-state index contributed by atoms with van der Waals surface area (Å²) in [6, 6.07) is 12.9. The van der Waals surface area contributed by atoms with Crippen LogP contribution in [0.4, 0.5) is 0 Å². The van der Waals surface area contributed by atoms with E-state index in [0.29, 0.717) is 24.5 Å². The minimum Gasteiger partial charge on any atom is -0.490 e. The third-order valence-electron chi connectivity index (χ3n) is 3.52. The molecule has 1 atom stereocenters. The molecule has 5 heteroatoms. The number of hydrogen-bond acceptors (Lipinski definition) is 3. The maximum absolute atomic E-state index is 12.3. The van der Waals surface area contributed by atoms with Gasteiger partial charge >= 0.3 is 0 Å². The van der Waals surface area contributed by atoms with Crippen molar-refractivity contribution in [2.75, 3.05) is 13.2 Å². The maximum atomic E-state index is 12.3. The summed E-state index contributed by atoms with van der Waals surface area (Å²) >= 11 is 3.37. The molecule has 0 spiro atoms. The van der Waals surface area contributed by atoms with Crippen LogP contribution in [0, 0.1) is 0 Å². The fourth-order valence-corrected chi connectivity index (χ4v) is 2.57. The van der Waals surface area contributed by atoms with Crippen LogP contribution in [-0.4, -0.2) is 19.1 Å². The highest BCUT2D eigenvalue weighted by molar-refractivity contribution is 9.10. The second kappa shape index (κ2) is 8.73. The fourth-order valence-electron chi connectivity index (χ4n) is 2.30. The van der Waals surface area contributed by atoms with Crippen LogP contribution in [0.15, 0.2) is 46.9 Å². The van der Waals surface area contributed by atoms with Gasteiger partial charge < -0.3 is 14.8 Å². The lowest BCUT2D eigenvalue weighted by molar-refractivity contribution is 0.0940. The number of rotatable bonds is 7. The molecular formula is C19H22BrNO3. The quantitative estimate of drug-likeness (QED) is 0.741. The van der Waals surface area contributed by atoms with Crippen molar-refractivity contribution in [3.8, 4) is 11.5 Å². The minimum absolute atomic E-state index is 0.109. The van der Waals surface area contributed by atoms with Crippen molar-refractivity contribution in [3.05, 3.63) is 58.1 Å². The molecule has 0 saturated carbocycles. The summed E-state index contributed by atoms with van der Waals surface area (Å²) < 4.78 is 12.2. The van der Waals surface area contributed by atoms with E-state index in [1.54, 1.807) is 12.1 Å². The molecule has 0 aliphatic heterocycles. The van der Waals surface area contributed by atoms with Crippen LogP contribution in [-0.2, 0) is 0 Å². The van der Waals surface area contributed by atoms with Crippen LogP contribution in [0.1, 0.15) is 42.7 Å². The van der Waals surface area contributed by atoms with Crippen molar-refractivity contribution < 1.29 is 14.3 Å². The number of hydrogen-bond donors (Lipinski definition) is 1. The third-order valence-corrected chi connectivity index (χ3v) is 4.05. The summed E-state index contributed by atoms with van der Waals surface area (Å²) in [6.45, 7) is 6.95. The van der Waals surface area contributed by atoms with E-state index in [0.717, 1.165) is 15.8 Å². The Bertz CT molecular complexity index is 686. The molecule has 0 heterocycles. The Balaban J connectivity index is 2.13.